The molecule has 1 aromatic heterocycles. The number of rotatable bonds is 7. The Morgan fingerprint density at radius 3 is 2.44 bits per heavy atom. The highest BCUT2D eigenvalue weighted by Crippen LogP contribution is 2.40. The number of esters is 1. The van der Waals surface area contributed by atoms with Crippen molar-refractivity contribution in [2.45, 2.75) is 32.4 Å². The van der Waals surface area contributed by atoms with E-state index < -0.39 is 5.41 Å². The van der Waals surface area contributed by atoms with Crippen molar-refractivity contribution in [2.75, 3.05) is 28.3 Å². The summed E-state index contributed by atoms with van der Waals surface area (Å²) < 4.78 is 6.89. The number of amides is 1. The van der Waals surface area contributed by atoms with E-state index in [1.54, 1.807) is 11.3 Å². The summed E-state index contributed by atoms with van der Waals surface area (Å²) in [5.74, 6) is -0.484. The molecular formula is C25H30N3O3S+. The van der Waals surface area contributed by atoms with Gasteiger partial charge in [-0.15, -0.1) is 11.3 Å². The van der Waals surface area contributed by atoms with Crippen LogP contribution in [0, 0.1) is 5.41 Å². The van der Waals surface area contributed by atoms with Gasteiger partial charge in [-0.2, -0.15) is 0 Å². The third kappa shape index (κ3) is 4.84. The van der Waals surface area contributed by atoms with Crippen LogP contribution in [-0.2, 0) is 40.3 Å². The van der Waals surface area contributed by atoms with Crippen LogP contribution < -0.4 is 5.32 Å². The second-order valence-corrected chi connectivity index (χ2v) is 10.8. The Morgan fingerprint density at radius 2 is 1.81 bits per heavy atom. The number of ether oxygens (including phenoxy) is 1. The maximum Gasteiger partial charge on any atom is 0.306 e. The summed E-state index contributed by atoms with van der Waals surface area (Å²) >= 11 is 1.60. The van der Waals surface area contributed by atoms with Crippen molar-refractivity contribution in [2.24, 2.45) is 5.41 Å². The van der Waals surface area contributed by atoms with Gasteiger partial charge < -0.3 is 14.5 Å². The van der Waals surface area contributed by atoms with E-state index in [4.69, 9.17) is 9.72 Å². The SMILES string of the molecule is COC(=O)CC1(C(=O)NCc2nc3ccc(C[N+](C)(C)C)cc3s2)Cc2ccccc2C1. The van der Waals surface area contributed by atoms with E-state index in [-0.39, 0.29) is 18.3 Å². The van der Waals surface area contributed by atoms with Crippen molar-refractivity contribution in [1.29, 1.82) is 0 Å². The minimum Gasteiger partial charge on any atom is -0.469 e. The smallest absolute Gasteiger partial charge is 0.306 e. The predicted octanol–water partition coefficient (Wildman–Crippen LogP) is 3.47. The predicted molar refractivity (Wildman–Crippen MR) is 126 cm³/mol. The van der Waals surface area contributed by atoms with Crippen molar-refractivity contribution < 1.29 is 18.8 Å². The zero-order valence-electron chi connectivity index (χ0n) is 19.1. The Hall–Kier alpha value is -2.77. The maximum absolute atomic E-state index is 13.3. The average Bonchev–Trinajstić information content (AvgIpc) is 3.31. The van der Waals surface area contributed by atoms with Crippen LogP contribution in [0.4, 0.5) is 0 Å². The van der Waals surface area contributed by atoms with Crippen molar-refractivity contribution in [3.8, 4) is 0 Å². The Labute approximate surface area is 192 Å². The van der Waals surface area contributed by atoms with Crippen LogP contribution in [0.3, 0.4) is 0 Å². The third-order valence-electron chi connectivity index (χ3n) is 5.92. The zero-order valence-corrected chi connectivity index (χ0v) is 19.9. The minimum absolute atomic E-state index is 0.0677. The number of methoxy groups -OCH3 is 1. The van der Waals surface area contributed by atoms with E-state index in [1.807, 2.05) is 24.3 Å². The molecule has 6 nitrogen and oxygen atoms in total. The van der Waals surface area contributed by atoms with Crippen molar-refractivity contribution >= 4 is 33.4 Å². The van der Waals surface area contributed by atoms with E-state index in [0.29, 0.717) is 19.4 Å². The number of quaternary nitrogens is 1. The van der Waals surface area contributed by atoms with Crippen molar-refractivity contribution in [1.82, 2.24) is 10.3 Å². The maximum atomic E-state index is 13.3. The molecule has 1 heterocycles. The molecule has 0 fully saturated rings. The summed E-state index contributed by atoms with van der Waals surface area (Å²) in [5.41, 5.74) is 3.64. The standard InChI is InChI=1S/C25H29N3O3S/c1-28(2,3)16-17-9-10-20-21(11-17)32-22(27-20)15-26-24(30)25(14-23(29)31-4)12-18-7-5-6-8-19(18)13-25/h5-11H,12-16H2,1-4H3/p+1. The lowest BCUT2D eigenvalue weighted by atomic mass is 9.80. The van der Waals surface area contributed by atoms with Gasteiger partial charge in [0, 0.05) is 5.56 Å². The number of nitrogens with one attached hydrogen (secondary N) is 1. The minimum atomic E-state index is -0.814. The number of aromatic nitrogens is 1. The number of carbonyl (C=O) groups is 2. The highest BCUT2D eigenvalue weighted by molar-refractivity contribution is 7.18. The Bertz CT molecular complexity index is 1140. The first-order chi connectivity index (χ1) is 15.2. The Morgan fingerprint density at radius 1 is 1.12 bits per heavy atom. The van der Waals surface area contributed by atoms with Gasteiger partial charge in [-0.1, -0.05) is 30.3 Å². The first-order valence-corrected chi connectivity index (χ1v) is 11.6. The van der Waals surface area contributed by atoms with Gasteiger partial charge in [0.25, 0.3) is 0 Å². The number of fused-ring (bicyclic) bond motifs is 2. The molecule has 7 heteroatoms. The van der Waals surface area contributed by atoms with Crippen LogP contribution in [0.2, 0.25) is 0 Å². The van der Waals surface area contributed by atoms with E-state index in [0.717, 1.165) is 37.4 Å². The van der Waals surface area contributed by atoms with Crippen LogP contribution in [0.1, 0.15) is 28.1 Å². The molecule has 0 bridgehead atoms. The number of hydrogen-bond acceptors (Lipinski definition) is 5. The number of nitrogens with zero attached hydrogens (tertiary/aromatic N) is 2. The van der Waals surface area contributed by atoms with E-state index in [1.165, 1.54) is 12.7 Å². The lowest BCUT2D eigenvalue weighted by Crippen LogP contribution is -2.43. The van der Waals surface area contributed by atoms with Crippen LogP contribution in [0.25, 0.3) is 10.2 Å². The van der Waals surface area contributed by atoms with Gasteiger partial charge in [-0.3, -0.25) is 9.59 Å². The number of hydrogen-bond donors (Lipinski definition) is 1. The largest absolute Gasteiger partial charge is 0.469 e. The van der Waals surface area contributed by atoms with E-state index in [9.17, 15) is 9.59 Å². The summed E-state index contributed by atoms with van der Waals surface area (Å²) in [4.78, 5) is 30.2. The van der Waals surface area contributed by atoms with Crippen molar-refractivity contribution in [3.63, 3.8) is 0 Å². The molecule has 3 aromatic rings. The molecule has 1 aliphatic carbocycles. The van der Waals surface area contributed by atoms with Gasteiger partial charge in [0.15, 0.2) is 0 Å². The molecule has 0 spiro atoms. The Kier molecular flexibility index (Phi) is 6.05. The molecule has 168 valence electrons. The molecule has 1 amide bonds. The fourth-order valence-corrected chi connectivity index (χ4v) is 5.46. The summed E-state index contributed by atoms with van der Waals surface area (Å²) in [6.45, 7) is 1.29. The molecule has 4 rings (SSSR count). The zero-order chi connectivity index (χ0) is 22.9. The van der Waals surface area contributed by atoms with Crippen LogP contribution in [0.15, 0.2) is 42.5 Å². The van der Waals surface area contributed by atoms with Crippen molar-refractivity contribution in [3.05, 3.63) is 64.2 Å². The fraction of sp³-hybridized carbons (Fsp3) is 0.400. The molecule has 32 heavy (non-hydrogen) atoms. The fourth-order valence-electron chi connectivity index (χ4n) is 4.49. The third-order valence-corrected chi connectivity index (χ3v) is 6.94. The van der Waals surface area contributed by atoms with Crippen LogP contribution in [0.5, 0.6) is 0 Å². The lowest BCUT2D eigenvalue weighted by molar-refractivity contribution is -0.883. The second kappa shape index (κ2) is 8.64. The number of thiazole rings is 1. The lowest BCUT2D eigenvalue weighted by Gasteiger charge is -2.26. The highest BCUT2D eigenvalue weighted by Gasteiger charge is 2.45. The van der Waals surface area contributed by atoms with Gasteiger partial charge >= 0.3 is 5.97 Å². The average molecular weight is 453 g/mol. The molecular weight excluding hydrogens is 422 g/mol. The quantitative estimate of drug-likeness (QED) is 0.440. The normalized spacial score (nSPS) is 14.9. The topological polar surface area (TPSA) is 68.3 Å². The van der Waals surface area contributed by atoms with Gasteiger partial charge in [-0.05, 0) is 36.1 Å². The summed E-state index contributed by atoms with van der Waals surface area (Å²) in [6.07, 6.45) is 1.15. The van der Waals surface area contributed by atoms with Crippen LogP contribution >= 0.6 is 11.3 Å². The monoisotopic (exact) mass is 452 g/mol. The van der Waals surface area contributed by atoms with Crippen LogP contribution in [-0.4, -0.2) is 49.6 Å². The van der Waals surface area contributed by atoms with Gasteiger partial charge in [0.1, 0.15) is 11.6 Å². The molecule has 1 N–H and O–H groups in total. The van der Waals surface area contributed by atoms with E-state index >= 15 is 0 Å². The highest BCUT2D eigenvalue weighted by atomic mass is 32.1. The molecule has 1 aliphatic rings. The molecule has 0 atom stereocenters. The molecule has 0 radical (unpaired) electrons. The molecule has 0 unspecified atom stereocenters. The van der Waals surface area contributed by atoms with E-state index in [2.05, 4.69) is 44.7 Å². The first-order valence-electron chi connectivity index (χ1n) is 10.8. The molecule has 0 saturated carbocycles. The summed E-state index contributed by atoms with van der Waals surface area (Å²) in [6, 6.07) is 14.4. The number of carbonyl (C=O) groups excluding carboxylic acids is 2. The van der Waals surface area contributed by atoms with Gasteiger partial charge in [-0.25, -0.2) is 4.98 Å². The molecule has 0 saturated heterocycles. The summed E-state index contributed by atoms with van der Waals surface area (Å²) in [7, 11) is 7.87. The van der Waals surface area contributed by atoms with Gasteiger partial charge in [0.05, 0.1) is 56.9 Å². The molecule has 0 aliphatic heterocycles. The second-order valence-electron chi connectivity index (χ2n) is 9.70. The first kappa shape index (κ1) is 22.4. The molecule has 2 aromatic carbocycles. The van der Waals surface area contributed by atoms with Gasteiger partial charge in [0.2, 0.25) is 5.91 Å². The summed E-state index contributed by atoms with van der Waals surface area (Å²) in [5, 5.41) is 3.92. The Balaban J connectivity index is 1.50. The number of benzene rings is 2.